The highest BCUT2D eigenvalue weighted by atomic mass is 31.2. The van der Waals surface area contributed by atoms with Crippen molar-refractivity contribution in [3.8, 4) is 0 Å². The standard InChI is InChI=1S/C21H27F3N3O7P/c22-16-6-14-18(7-17(16)26-12-4-2-1-3-5-12)27(13(9-28)10-29)8-15(19(14)30)20(31)25-11-21(23,24)35(32,33)34/h6-8,12-13,26,28-29H,1-5,9-11H2,(H,25,31)(H2,32,33,34). The van der Waals surface area contributed by atoms with Gasteiger partial charge in [0.05, 0.1) is 37.0 Å². The van der Waals surface area contributed by atoms with E-state index in [0.717, 1.165) is 48.9 Å². The first-order valence-electron chi connectivity index (χ1n) is 11.0. The van der Waals surface area contributed by atoms with Crippen LogP contribution in [0.5, 0.6) is 0 Å². The Morgan fingerprint density at radius 1 is 1.17 bits per heavy atom. The van der Waals surface area contributed by atoms with Crippen molar-refractivity contribution in [2.45, 2.75) is 49.9 Å². The zero-order valence-electron chi connectivity index (χ0n) is 18.6. The van der Waals surface area contributed by atoms with E-state index in [1.807, 2.05) is 0 Å². The topological polar surface area (TPSA) is 161 Å². The molecule has 1 aromatic heterocycles. The van der Waals surface area contributed by atoms with Gasteiger partial charge in [-0.05, 0) is 25.0 Å². The summed E-state index contributed by atoms with van der Waals surface area (Å²) in [5, 5.41) is 23.8. The first-order chi connectivity index (χ1) is 16.4. The second-order valence-electron chi connectivity index (χ2n) is 8.52. The third kappa shape index (κ3) is 5.87. The molecule has 10 nitrogen and oxygen atoms in total. The predicted molar refractivity (Wildman–Crippen MR) is 121 cm³/mol. The lowest BCUT2D eigenvalue weighted by Crippen LogP contribution is -2.38. The zero-order valence-corrected chi connectivity index (χ0v) is 19.5. The van der Waals surface area contributed by atoms with E-state index in [1.165, 1.54) is 6.07 Å². The van der Waals surface area contributed by atoms with Gasteiger partial charge in [-0.1, -0.05) is 19.3 Å². The quantitative estimate of drug-likeness (QED) is 0.273. The fraction of sp³-hybridized carbons (Fsp3) is 0.524. The summed E-state index contributed by atoms with van der Waals surface area (Å²) in [5.74, 6) is -2.18. The van der Waals surface area contributed by atoms with E-state index in [0.29, 0.717) is 0 Å². The second kappa shape index (κ2) is 10.7. The van der Waals surface area contributed by atoms with Gasteiger partial charge in [0.1, 0.15) is 11.4 Å². The molecular weight excluding hydrogens is 494 g/mol. The molecule has 3 rings (SSSR count). The summed E-state index contributed by atoms with van der Waals surface area (Å²) >= 11 is 0. The maximum Gasteiger partial charge on any atom is 0.396 e. The number of aromatic nitrogens is 1. The number of hydrogen-bond acceptors (Lipinski definition) is 6. The van der Waals surface area contributed by atoms with Crippen LogP contribution in [0, 0.1) is 5.82 Å². The average molecular weight is 521 g/mol. The molecule has 6 N–H and O–H groups in total. The van der Waals surface area contributed by atoms with Crippen molar-refractivity contribution in [1.82, 2.24) is 9.88 Å². The van der Waals surface area contributed by atoms with Gasteiger partial charge in [0.25, 0.3) is 5.91 Å². The van der Waals surface area contributed by atoms with E-state index in [4.69, 9.17) is 9.79 Å². The zero-order chi connectivity index (χ0) is 26.0. The molecule has 0 spiro atoms. The number of carbonyl (C=O) groups is 1. The molecule has 1 aliphatic rings. The number of aliphatic hydroxyl groups is 2. The van der Waals surface area contributed by atoms with Crippen LogP contribution in [0.2, 0.25) is 0 Å². The lowest BCUT2D eigenvalue weighted by atomic mass is 9.95. The molecule has 0 bridgehead atoms. The largest absolute Gasteiger partial charge is 0.396 e. The van der Waals surface area contributed by atoms with Crippen molar-refractivity contribution in [2.24, 2.45) is 0 Å². The molecule has 1 saturated carbocycles. The van der Waals surface area contributed by atoms with Crippen LogP contribution in [0.25, 0.3) is 10.9 Å². The van der Waals surface area contributed by atoms with Gasteiger partial charge in [0, 0.05) is 17.6 Å². The third-order valence-electron chi connectivity index (χ3n) is 6.03. The Bertz CT molecular complexity index is 1190. The minimum atomic E-state index is -5.88. The monoisotopic (exact) mass is 521 g/mol. The Morgan fingerprint density at radius 2 is 1.80 bits per heavy atom. The number of nitrogens with one attached hydrogen (secondary N) is 2. The molecule has 1 heterocycles. The van der Waals surface area contributed by atoms with Crippen LogP contribution >= 0.6 is 7.60 Å². The van der Waals surface area contributed by atoms with Gasteiger partial charge in [-0.25, -0.2) is 4.39 Å². The summed E-state index contributed by atoms with van der Waals surface area (Å²) in [6.07, 6.45) is 5.63. The molecule has 0 atom stereocenters. The summed E-state index contributed by atoms with van der Waals surface area (Å²) in [5.41, 5.74) is -6.17. The highest BCUT2D eigenvalue weighted by Crippen LogP contribution is 2.52. The van der Waals surface area contributed by atoms with Crippen molar-refractivity contribution in [3.63, 3.8) is 0 Å². The van der Waals surface area contributed by atoms with E-state index < -0.39 is 61.8 Å². The van der Waals surface area contributed by atoms with Crippen molar-refractivity contribution in [3.05, 3.63) is 39.9 Å². The fourth-order valence-corrected chi connectivity index (χ4v) is 4.31. The van der Waals surface area contributed by atoms with Crippen LogP contribution in [-0.4, -0.2) is 61.9 Å². The van der Waals surface area contributed by atoms with E-state index in [2.05, 4.69) is 5.32 Å². The molecule has 0 saturated heterocycles. The highest BCUT2D eigenvalue weighted by molar-refractivity contribution is 7.53. The Balaban J connectivity index is 2.06. The van der Waals surface area contributed by atoms with Crippen LogP contribution in [-0.2, 0) is 4.57 Å². The number of pyridine rings is 1. The van der Waals surface area contributed by atoms with Gasteiger partial charge in [-0.3, -0.25) is 14.2 Å². The molecule has 194 valence electrons. The minimum Gasteiger partial charge on any atom is -0.394 e. The Hall–Kier alpha value is -2.44. The van der Waals surface area contributed by atoms with Crippen LogP contribution in [0.4, 0.5) is 18.9 Å². The van der Waals surface area contributed by atoms with Crippen LogP contribution in [0.15, 0.2) is 23.1 Å². The number of fused-ring (bicyclic) bond motifs is 1. The SMILES string of the molecule is O=C(NCC(F)(F)P(=O)(O)O)c1cn(C(CO)CO)c2cc(NC3CCCCC3)c(F)cc2c1=O. The lowest BCUT2D eigenvalue weighted by molar-refractivity contribution is 0.0547. The lowest BCUT2D eigenvalue weighted by Gasteiger charge is -2.25. The first-order valence-corrected chi connectivity index (χ1v) is 12.6. The number of hydrogen-bond donors (Lipinski definition) is 6. The first kappa shape index (κ1) is 27.2. The molecule has 2 aromatic rings. The summed E-state index contributed by atoms with van der Waals surface area (Å²) in [6, 6.07) is 1.16. The van der Waals surface area contributed by atoms with Crippen molar-refractivity contribution >= 4 is 30.1 Å². The smallest absolute Gasteiger partial charge is 0.394 e. The number of halogens is 3. The molecule has 35 heavy (non-hydrogen) atoms. The maximum absolute atomic E-state index is 14.9. The Morgan fingerprint density at radius 3 is 2.37 bits per heavy atom. The second-order valence-corrected chi connectivity index (χ2v) is 10.3. The summed E-state index contributed by atoms with van der Waals surface area (Å²) < 4.78 is 54.2. The molecule has 14 heteroatoms. The number of alkyl halides is 2. The molecule has 0 aliphatic heterocycles. The fourth-order valence-electron chi connectivity index (χ4n) is 4.03. The maximum atomic E-state index is 14.9. The Labute approximate surface area is 197 Å². The number of anilines is 1. The van der Waals surface area contributed by atoms with Gasteiger partial charge in [0.15, 0.2) is 0 Å². The van der Waals surface area contributed by atoms with Gasteiger partial charge in [0.2, 0.25) is 5.43 Å². The number of benzene rings is 1. The van der Waals surface area contributed by atoms with E-state index in [1.54, 1.807) is 5.32 Å². The molecular formula is C21H27F3N3O7P. The van der Waals surface area contributed by atoms with Crippen molar-refractivity contribution in [1.29, 1.82) is 0 Å². The van der Waals surface area contributed by atoms with Crippen LogP contribution in [0.3, 0.4) is 0 Å². The minimum absolute atomic E-state index is 0.0168. The predicted octanol–water partition coefficient (Wildman–Crippen LogP) is 1.91. The third-order valence-corrected chi connectivity index (χ3v) is 7.04. The molecule has 1 aliphatic carbocycles. The number of carbonyl (C=O) groups excluding carboxylic acids is 1. The van der Waals surface area contributed by atoms with Crippen LogP contribution in [0.1, 0.15) is 48.5 Å². The Kier molecular flexibility index (Phi) is 8.28. The molecule has 0 radical (unpaired) electrons. The van der Waals surface area contributed by atoms with Crippen LogP contribution < -0.4 is 16.1 Å². The van der Waals surface area contributed by atoms with Gasteiger partial charge in [-0.2, -0.15) is 8.78 Å². The summed E-state index contributed by atoms with van der Waals surface area (Å²) in [4.78, 5) is 42.9. The number of nitrogens with zero attached hydrogens (tertiary/aromatic N) is 1. The molecule has 1 aromatic carbocycles. The van der Waals surface area contributed by atoms with E-state index >= 15 is 0 Å². The average Bonchev–Trinajstić information content (AvgIpc) is 2.80. The van der Waals surface area contributed by atoms with E-state index in [9.17, 15) is 37.5 Å². The summed E-state index contributed by atoms with van der Waals surface area (Å²) in [6.45, 7) is -3.02. The van der Waals surface area contributed by atoms with Gasteiger partial charge in [-0.15, -0.1) is 0 Å². The number of amides is 1. The van der Waals surface area contributed by atoms with Gasteiger partial charge < -0.3 is 35.2 Å². The van der Waals surface area contributed by atoms with Crippen molar-refractivity contribution in [2.75, 3.05) is 25.1 Å². The van der Waals surface area contributed by atoms with E-state index in [-0.39, 0.29) is 22.6 Å². The number of aliphatic hydroxyl groups excluding tert-OH is 2. The normalized spacial score (nSPS) is 15.5. The highest BCUT2D eigenvalue weighted by Gasteiger charge is 2.48. The number of rotatable bonds is 9. The summed E-state index contributed by atoms with van der Waals surface area (Å²) in [7, 11) is -5.88. The molecule has 1 fully saturated rings. The van der Waals surface area contributed by atoms with Crippen molar-refractivity contribution < 1.29 is 42.5 Å². The molecule has 0 unspecified atom stereocenters. The van der Waals surface area contributed by atoms with Gasteiger partial charge >= 0.3 is 13.3 Å². The molecule has 1 amide bonds.